The number of sulfone groups is 1. The van der Waals surface area contributed by atoms with E-state index in [1.54, 1.807) is 0 Å². The zero-order chi connectivity index (χ0) is 23.9. The fourth-order valence-electron chi connectivity index (χ4n) is 5.05. The monoisotopic (exact) mass is 486 g/mol. The molecule has 1 amide bonds. The van der Waals surface area contributed by atoms with Gasteiger partial charge >= 0.3 is 0 Å². The minimum absolute atomic E-state index is 0.00678. The Kier molecular flexibility index (Phi) is 6.28. The molecule has 4 saturated carbocycles. The molecule has 182 valence electrons. The smallest absolute Gasteiger partial charge is 0.260 e. The molecule has 1 aromatic rings. The van der Waals surface area contributed by atoms with Crippen LogP contribution in [0.4, 0.5) is 13.2 Å². The molecule has 0 aromatic heterocycles. The first kappa shape index (κ1) is 24.1. The molecular weight excluding hydrogens is 457 g/mol. The van der Waals surface area contributed by atoms with E-state index in [0.29, 0.717) is 56.2 Å². The Morgan fingerprint density at radius 3 is 2.18 bits per heavy atom. The van der Waals surface area contributed by atoms with Gasteiger partial charge in [0, 0.05) is 24.1 Å². The fraction of sp³-hybridized carbons (Fsp3) is 0.609. The zero-order valence-corrected chi connectivity index (χ0v) is 19.1. The molecule has 0 heterocycles. The highest BCUT2D eigenvalue weighted by molar-refractivity contribution is 7.91. The third-order valence-electron chi connectivity index (χ3n) is 7.45. The standard InChI is InChI=1S/C23H29F3N2O4S/c24-12-16(13-27)14-32-17-1-3-18(4-2-17)33(30,31)15-21-5-8-22(9-6-21,10-7-21)28-20(29)19-11-23(19,25)26/h1-4,12,19H,5-11,13-15,27H2,(H,28,29)/b16-12+. The second kappa shape index (κ2) is 8.61. The number of halogens is 3. The molecule has 4 fully saturated rings. The van der Waals surface area contributed by atoms with E-state index in [4.69, 9.17) is 10.5 Å². The second-order valence-corrected chi connectivity index (χ2v) is 11.8. The number of ether oxygens (including phenoxy) is 1. The quantitative estimate of drug-likeness (QED) is 0.557. The highest BCUT2D eigenvalue weighted by Crippen LogP contribution is 2.54. The number of hydrogen-bond acceptors (Lipinski definition) is 5. The molecule has 10 heteroatoms. The first-order valence-electron chi connectivity index (χ1n) is 11.2. The number of rotatable bonds is 9. The Morgan fingerprint density at radius 2 is 1.70 bits per heavy atom. The van der Waals surface area contributed by atoms with Crippen LogP contribution in [0.1, 0.15) is 44.9 Å². The van der Waals surface area contributed by atoms with Crippen molar-refractivity contribution in [2.45, 2.75) is 61.3 Å². The van der Waals surface area contributed by atoms with E-state index in [9.17, 15) is 26.4 Å². The van der Waals surface area contributed by atoms with Crippen molar-refractivity contribution in [2.75, 3.05) is 18.9 Å². The summed E-state index contributed by atoms with van der Waals surface area (Å²) in [6, 6.07) is 6.03. The van der Waals surface area contributed by atoms with Crippen molar-refractivity contribution >= 4 is 15.7 Å². The predicted octanol–water partition coefficient (Wildman–Crippen LogP) is 3.52. The van der Waals surface area contributed by atoms with Gasteiger partial charge in [-0.15, -0.1) is 0 Å². The molecule has 2 bridgehead atoms. The average molecular weight is 487 g/mol. The number of amides is 1. The third kappa shape index (κ3) is 5.06. The van der Waals surface area contributed by atoms with Crippen LogP contribution in [0, 0.1) is 11.3 Å². The highest BCUT2D eigenvalue weighted by atomic mass is 32.2. The summed E-state index contributed by atoms with van der Waals surface area (Å²) in [5, 5.41) is 2.87. The van der Waals surface area contributed by atoms with Crippen LogP contribution in [0.2, 0.25) is 0 Å². The lowest BCUT2D eigenvalue weighted by atomic mass is 9.58. The lowest BCUT2D eigenvalue weighted by Crippen LogP contribution is -2.58. The Morgan fingerprint density at radius 1 is 1.12 bits per heavy atom. The first-order valence-corrected chi connectivity index (χ1v) is 12.8. The molecule has 33 heavy (non-hydrogen) atoms. The fourth-order valence-corrected chi connectivity index (χ4v) is 7.01. The van der Waals surface area contributed by atoms with Crippen LogP contribution < -0.4 is 15.8 Å². The van der Waals surface area contributed by atoms with Crippen molar-refractivity contribution < 1.29 is 31.1 Å². The minimum Gasteiger partial charge on any atom is -0.489 e. The molecule has 0 spiro atoms. The van der Waals surface area contributed by atoms with Crippen LogP contribution in [-0.2, 0) is 14.6 Å². The van der Waals surface area contributed by atoms with E-state index >= 15 is 0 Å². The molecule has 0 radical (unpaired) electrons. The van der Waals surface area contributed by atoms with Crippen molar-refractivity contribution in [3.63, 3.8) is 0 Å². The number of carbonyl (C=O) groups excluding carboxylic acids is 1. The van der Waals surface area contributed by atoms with Gasteiger partial charge in [0.15, 0.2) is 9.84 Å². The first-order chi connectivity index (χ1) is 15.5. The lowest BCUT2D eigenvalue weighted by Gasteiger charge is -2.53. The molecule has 3 N–H and O–H groups in total. The Labute approximate surface area is 191 Å². The van der Waals surface area contributed by atoms with Crippen LogP contribution in [0.3, 0.4) is 0 Å². The third-order valence-corrected chi connectivity index (χ3v) is 9.44. The van der Waals surface area contributed by atoms with Crippen molar-refractivity contribution in [1.82, 2.24) is 5.32 Å². The molecule has 1 aromatic carbocycles. The van der Waals surface area contributed by atoms with Gasteiger partial charge in [0.05, 0.1) is 17.0 Å². The largest absolute Gasteiger partial charge is 0.489 e. The van der Waals surface area contributed by atoms with E-state index < -0.39 is 33.1 Å². The van der Waals surface area contributed by atoms with Gasteiger partial charge in [-0.05, 0) is 68.2 Å². The van der Waals surface area contributed by atoms with Gasteiger partial charge in [0.25, 0.3) is 5.92 Å². The molecular formula is C23H29F3N2O4S. The summed E-state index contributed by atoms with van der Waals surface area (Å²) < 4.78 is 70.7. The lowest BCUT2D eigenvalue weighted by molar-refractivity contribution is -0.128. The topological polar surface area (TPSA) is 98.5 Å². The van der Waals surface area contributed by atoms with E-state index in [1.165, 1.54) is 24.3 Å². The van der Waals surface area contributed by atoms with E-state index in [-0.39, 0.29) is 35.6 Å². The van der Waals surface area contributed by atoms with E-state index in [1.807, 2.05) is 0 Å². The van der Waals surface area contributed by atoms with Crippen LogP contribution in [0.15, 0.2) is 41.1 Å². The minimum atomic E-state index is -3.56. The summed E-state index contributed by atoms with van der Waals surface area (Å²) in [6.07, 6.45) is 3.71. The Balaban J connectivity index is 1.35. The van der Waals surface area contributed by atoms with E-state index in [2.05, 4.69) is 5.32 Å². The number of nitrogens with one attached hydrogen (secondary N) is 1. The van der Waals surface area contributed by atoms with Crippen LogP contribution in [0.5, 0.6) is 5.75 Å². The molecule has 1 unspecified atom stereocenters. The van der Waals surface area contributed by atoms with Gasteiger partial charge in [-0.3, -0.25) is 4.79 Å². The number of nitrogens with two attached hydrogens (primary N) is 1. The van der Waals surface area contributed by atoms with Gasteiger partial charge in [0.1, 0.15) is 18.3 Å². The Hall–Kier alpha value is -2.07. The van der Waals surface area contributed by atoms with Crippen LogP contribution in [0.25, 0.3) is 0 Å². The van der Waals surface area contributed by atoms with Crippen molar-refractivity contribution in [1.29, 1.82) is 0 Å². The molecule has 1 atom stereocenters. The number of alkyl halides is 2. The SMILES string of the molecule is NC/C(=C\F)COc1ccc(S(=O)(=O)CC23CCC(NC(=O)C4CC4(F)F)(CC2)CC3)cc1. The predicted molar refractivity (Wildman–Crippen MR) is 116 cm³/mol. The maximum Gasteiger partial charge on any atom is 0.260 e. The van der Waals surface area contributed by atoms with Gasteiger partial charge in [-0.25, -0.2) is 21.6 Å². The summed E-state index contributed by atoms with van der Waals surface area (Å²) in [7, 11) is -3.56. The molecule has 4 aliphatic rings. The number of carbonyl (C=O) groups is 1. The summed E-state index contributed by atoms with van der Waals surface area (Å²) in [4.78, 5) is 12.4. The number of fused-ring (bicyclic) bond motifs is 3. The van der Waals surface area contributed by atoms with Gasteiger partial charge in [-0.1, -0.05) is 0 Å². The second-order valence-electron chi connectivity index (χ2n) is 9.78. The summed E-state index contributed by atoms with van der Waals surface area (Å²) in [6.45, 7) is 0.0158. The van der Waals surface area contributed by atoms with E-state index in [0.717, 1.165) is 0 Å². The molecule has 0 aliphatic heterocycles. The Bertz CT molecular complexity index is 1020. The van der Waals surface area contributed by atoms with Gasteiger partial charge < -0.3 is 15.8 Å². The number of benzene rings is 1. The average Bonchev–Trinajstić information content (AvgIpc) is 3.44. The maximum absolute atomic E-state index is 13.2. The van der Waals surface area contributed by atoms with Crippen molar-refractivity contribution in [3.8, 4) is 5.75 Å². The zero-order valence-electron chi connectivity index (χ0n) is 18.3. The highest BCUT2D eigenvalue weighted by Gasteiger charge is 2.62. The summed E-state index contributed by atoms with van der Waals surface area (Å²) >= 11 is 0. The summed E-state index contributed by atoms with van der Waals surface area (Å²) in [5.41, 5.74) is 4.82. The molecule has 6 nitrogen and oxygen atoms in total. The normalized spacial score (nSPS) is 30.7. The molecule has 4 aliphatic carbocycles. The molecule has 0 saturated heterocycles. The number of hydrogen-bond donors (Lipinski definition) is 2. The maximum atomic E-state index is 13.2. The summed E-state index contributed by atoms with van der Waals surface area (Å²) in [5.74, 6) is -4.27. The molecule has 5 rings (SSSR count). The van der Waals surface area contributed by atoms with Crippen LogP contribution >= 0.6 is 0 Å². The van der Waals surface area contributed by atoms with Crippen molar-refractivity contribution in [3.05, 3.63) is 36.2 Å². The van der Waals surface area contributed by atoms with Crippen LogP contribution in [-0.4, -0.2) is 44.7 Å². The van der Waals surface area contributed by atoms with Gasteiger partial charge in [-0.2, -0.15) is 0 Å². The van der Waals surface area contributed by atoms with Crippen molar-refractivity contribution in [2.24, 2.45) is 17.1 Å². The van der Waals surface area contributed by atoms with Gasteiger partial charge in [0.2, 0.25) is 5.91 Å².